The summed E-state index contributed by atoms with van der Waals surface area (Å²) in [6.45, 7) is 7.74. The molecule has 1 aromatic rings. The first-order valence-electron chi connectivity index (χ1n) is 7.38. The Kier molecular flexibility index (Phi) is 8.41. The number of rotatable bonds is 11. The quantitative estimate of drug-likeness (QED) is 0.625. The summed E-state index contributed by atoms with van der Waals surface area (Å²) in [6, 6.07) is 0. The molecule has 0 aliphatic carbocycles. The SMILES string of the molecule is CCCCC(CC)Cn1cnc(CNCCOC)n1. The molecule has 1 rings (SSSR count). The summed E-state index contributed by atoms with van der Waals surface area (Å²) in [6.07, 6.45) is 6.92. The molecule has 5 heteroatoms. The number of nitrogens with one attached hydrogen (secondary N) is 1. The number of hydrogen-bond donors (Lipinski definition) is 1. The molecule has 110 valence electrons. The van der Waals surface area contributed by atoms with Crippen molar-refractivity contribution < 1.29 is 4.74 Å². The lowest BCUT2D eigenvalue weighted by Crippen LogP contribution is -2.19. The first-order chi connectivity index (χ1) is 9.30. The molecule has 0 aromatic carbocycles. The van der Waals surface area contributed by atoms with Crippen LogP contribution in [0.5, 0.6) is 0 Å². The first-order valence-corrected chi connectivity index (χ1v) is 7.38. The molecule has 1 N–H and O–H groups in total. The maximum Gasteiger partial charge on any atom is 0.164 e. The van der Waals surface area contributed by atoms with Gasteiger partial charge in [-0.1, -0.05) is 33.1 Å². The monoisotopic (exact) mass is 268 g/mol. The summed E-state index contributed by atoms with van der Waals surface area (Å²) in [5, 5.41) is 7.76. The highest BCUT2D eigenvalue weighted by Crippen LogP contribution is 2.14. The molecule has 0 aliphatic rings. The van der Waals surface area contributed by atoms with Gasteiger partial charge in [-0.05, 0) is 12.3 Å². The van der Waals surface area contributed by atoms with Crippen LogP contribution in [-0.2, 0) is 17.8 Å². The summed E-state index contributed by atoms with van der Waals surface area (Å²) in [4.78, 5) is 4.33. The van der Waals surface area contributed by atoms with Gasteiger partial charge in [0.2, 0.25) is 0 Å². The lowest BCUT2D eigenvalue weighted by atomic mass is 10.00. The molecule has 1 heterocycles. The Bertz CT molecular complexity index is 327. The minimum Gasteiger partial charge on any atom is -0.383 e. The fourth-order valence-electron chi connectivity index (χ4n) is 2.06. The van der Waals surface area contributed by atoms with Gasteiger partial charge in [0, 0.05) is 20.2 Å². The second-order valence-electron chi connectivity index (χ2n) is 4.97. The predicted molar refractivity (Wildman–Crippen MR) is 76.9 cm³/mol. The average Bonchev–Trinajstić information content (AvgIpc) is 2.87. The van der Waals surface area contributed by atoms with Crippen LogP contribution in [0, 0.1) is 5.92 Å². The van der Waals surface area contributed by atoms with Crippen LogP contribution in [0.1, 0.15) is 45.4 Å². The van der Waals surface area contributed by atoms with Gasteiger partial charge in [0.15, 0.2) is 5.82 Å². The van der Waals surface area contributed by atoms with Crippen LogP contribution in [0.4, 0.5) is 0 Å². The Morgan fingerprint density at radius 1 is 1.42 bits per heavy atom. The number of ether oxygens (including phenoxy) is 1. The largest absolute Gasteiger partial charge is 0.383 e. The van der Waals surface area contributed by atoms with Gasteiger partial charge < -0.3 is 10.1 Å². The molecule has 0 bridgehead atoms. The lowest BCUT2D eigenvalue weighted by Gasteiger charge is -2.13. The molecule has 0 radical (unpaired) electrons. The molecular formula is C14H28N4O. The Morgan fingerprint density at radius 2 is 2.26 bits per heavy atom. The molecule has 0 fully saturated rings. The fraction of sp³-hybridized carbons (Fsp3) is 0.857. The first kappa shape index (κ1) is 16.1. The highest BCUT2D eigenvalue weighted by Gasteiger charge is 2.08. The molecule has 1 aromatic heterocycles. The van der Waals surface area contributed by atoms with Crippen LogP contribution in [0.15, 0.2) is 6.33 Å². The molecule has 0 amide bonds. The van der Waals surface area contributed by atoms with Crippen LogP contribution >= 0.6 is 0 Å². The van der Waals surface area contributed by atoms with E-state index in [-0.39, 0.29) is 0 Å². The number of nitrogens with zero attached hydrogens (tertiary/aromatic N) is 3. The van der Waals surface area contributed by atoms with Gasteiger partial charge in [-0.3, -0.25) is 4.68 Å². The summed E-state index contributed by atoms with van der Waals surface area (Å²) in [5.41, 5.74) is 0. The molecule has 0 saturated heterocycles. The summed E-state index contributed by atoms with van der Waals surface area (Å²) < 4.78 is 6.96. The van der Waals surface area contributed by atoms with Crippen molar-refractivity contribution in [3.05, 3.63) is 12.2 Å². The van der Waals surface area contributed by atoms with E-state index >= 15 is 0 Å². The average molecular weight is 268 g/mol. The van der Waals surface area contributed by atoms with Gasteiger partial charge in [0.25, 0.3) is 0 Å². The van der Waals surface area contributed by atoms with Crippen LogP contribution in [-0.4, -0.2) is 35.0 Å². The third-order valence-corrected chi connectivity index (χ3v) is 3.34. The fourth-order valence-corrected chi connectivity index (χ4v) is 2.06. The van der Waals surface area contributed by atoms with Crippen LogP contribution in [0.3, 0.4) is 0 Å². The van der Waals surface area contributed by atoms with E-state index in [0.717, 1.165) is 31.4 Å². The van der Waals surface area contributed by atoms with E-state index in [1.165, 1.54) is 25.7 Å². The van der Waals surface area contributed by atoms with Crippen LogP contribution in [0.2, 0.25) is 0 Å². The second-order valence-corrected chi connectivity index (χ2v) is 4.97. The molecule has 0 aliphatic heterocycles. The van der Waals surface area contributed by atoms with Crippen molar-refractivity contribution in [3.63, 3.8) is 0 Å². The van der Waals surface area contributed by atoms with E-state index in [4.69, 9.17) is 4.74 Å². The zero-order valence-electron chi connectivity index (χ0n) is 12.6. The summed E-state index contributed by atoms with van der Waals surface area (Å²) >= 11 is 0. The Labute approximate surface area is 116 Å². The van der Waals surface area contributed by atoms with E-state index in [1.807, 2.05) is 11.0 Å². The van der Waals surface area contributed by atoms with Gasteiger partial charge in [-0.2, -0.15) is 5.10 Å². The van der Waals surface area contributed by atoms with Gasteiger partial charge in [0.1, 0.15) is 6.33 Å². The maximum atomic E-state index is 4.98. The normalized spacial score (nSPS) is 12.8. The minimum atomic E-state index is 0.710. The minimum absolute atomic E-state index is 0.710. The van der Waals surface area contributed by atoms with Gasteiger partial charge in [0.05, 0.1) is 13.2 Å². The predicted octanol–water partition coefficient (Wildman–Crippen LogP) is 2.23. The smallest absolute Gasteiger partial charge is 0.164 e. The van der Waals surface area contributed by atoms with Crippen molar-refractivity contribution in [2.75, 3.05) is 20.3 Å². The number of aromatic nitrogens is 3. The standard InChI is InChI=1S/C14H28N4O/c1-4-6-7-13(5-2)11-18-12-16-14(17-18)10-15-8-9-19-3/h12-13,15H,4-11H2,1-3H3. The Hall–Kier alpha value is -0.940. The van der Waals surface area contributed by atoms with Crippen molar-refractivity contribution in [2.45, 2.75) is 52.6 Å². The lowest BCUT2D eigenvalue weighted by molar-refractivity contribution is 0.199. The van der Waals surface area contributed by atoms with E-state index in [9.17, 15) is 0 Å². The van der Waals surface area contributed by atoms with Gasteiger partial charge >= 0.3 is 0 Å². The molecule has 5 nitrogen and oxygen atoms in total. The number of unbranched alkanes of at least 4 members (excludes halogenated alkanes) is 1. The number of hydrogen-bond acceptors (Lipinski definition) is 4. The van der Waals surface area contributed by atoms with Crippen LogP contribution < -0.4 is 5.32 Å². The molecular weight excluding hydrogens is 240 g/mol. The van der Waals surface area contributed by atoms with Crippen molar-refractivity contribution in [1.82, 2.24) is 20.1 Å². The Morgan fingerprint density at radius 3 is 2.95 bits per heavy atom. The molecule has 1 atom stereocenters. The summed E-state index contributed by atoms with van der Waals surface area (Å²) in [5.74, 6) is 1.58. The number of methoxy groups -OCH3 is 1. The molecule has 0 spiro atoms. The zero-order chi connectivity index (χ0) is 13.9. The topological polar surface area (TPSA) is 52.0 Å². The van der Waals surface area contributed by atoms with Crippen molar-refractivity contribution >= 4 is 0 Å². The molecule has 1 unspecified atom stereocenters. The van der Waals surface area contributed by atoms with E-state index in [2.05, 4.69) is 29.2 Å². The van der Waals surface area contributed by atoms with Crippen molar-refractivity contribution in [3.8, 4) is 0 Å². The maximum absolute atomic E-state index is 4.98. The van der Waals surface area contributed by atoms with E-state index in [1.54, 1.807) is 7.11 Å². The molecule has 0 saturated carbocycles. The molecule has 19 heavy (non-hydrogen) atoms. The van der Waals surface area contributed by atoms with Crippen molar-refractivity contribution in [1.29, 1.82) is 0 Å². The highest BCUT2D eigenvalue weighted by molar-refractivity contribution is 4.81. The third kappa shape index (κ3) is 6.68. The van der Waals surface area contributed by atoms with Crippen molar-refractivity contribution in [2.24, 2.45) is 5.92 Å². The van der Waals surface area contributed by atoms with Gasteiger partial charge in [-0.15, -0.1) is 0 Å². The summed E-state index contributed by atoms with van der Waals surface area (Å²) in [7, 11) is 1.70. The van der Waals surface area contributed by atoms with Crippen LogP contribution in [0.25, 0.3) is 0 Å². The zero-order valence-corrected chi connectivity index (χ0v) is 12.6. The second kappa shape index (κ2) is 9.92. The van der Waals surface area contributed by atoms with Gasteiger partial charge in [-0.25, -0.2) is 4.98 Å². The van der Waals surface area contributed by atoms with E-state index in [0.29, 0.717) is 6.54 Å². The highest BCUT2D eigenvalue weighted by atomic mass is 16.5. The van der Waals surface area contributed by atoms with E-state index < -0.39 is 0 Å². The third-order valence-electron chi connectivity index (χ3n) is 3.34. The Balaban J connectivity index is 2.32.